The molecule has 29 heavy (non-hydrogen) atoms. The zero-order valence-corrected chi connectivity index (χ0v) is 17.1. The topological polar surface area (TPSA) is 29.5 Å². The van der Waals surface area contributed by atoms with E-state index in [0.29, 0.717) is 6.61 Å². The Balaban J connectivity index is 1.42. The van der Waals surface area contributed by atoms with Crippen LogP contribution in [-0.2, 0) is 6.61 Å². The molecule has 1 unspecified atom stereocenters. The number of carbonyl (C=O) groups is 1. The number of nitrogens with zero attached hydrogens (tertiary/aromatic N) is 1. The average Bonchev–Trinajstić information content (AvgIpc) is 2.78. The van der Waals surface area contributed by atoms with Crippen molar-refractivity contribution >= 4 is 16.6 Å². The fourth-order valence-electron chi connectivity index (χ4n) is 4.10. The molecule has 150 valence electrons. The zero-order chi connectivity index (χ0) is 20.1. The molecule has 1 aliphatic heterocycles. The lowest BCUT2D eigenvalue weighted by atomic mass is 9.96. The second-order valence-corrected chi connectivity index (χ2v) is 8.12. The van der Waals surface area contributed by atoms with E-state index in [9.17, 15) is 4.79 Å². The number of hydrogen-bond donors (Lipinski definition) is 0. The van der Waals surface area contributed by atoms with Gasteiger partial charge in [0.25, 0.3) is 0 Å². The molecule has 3 aromatic rings. The number of fused-ring (bicyclic) bond motifs is 1. The van der Waals surface area contributed by atoms with E-state index in [1.807, 2.05) is 54.6 Å². The molecular formula is C26H29NO2. The first-order valence-electron chi connectivity index (χ1n) is 10.7. The van der Waals surface area contributed by atoms with Crippen LogP contribution in [0.25, 0.3) is 10.8 Å². The Bertz CT molecular complexity index is 961. The van der Waals surface area contributed by atoms with E-state index in [2.05, 4.69) is 24.0 Å². The van der Waals surface area contributed by atoms with E-state index in [0.717, 1.165) is 47.3 Å². The number of likely N-dealkylation sites (tertiary alicyclic amines) is 1. The lowest BCUT2D eigenvalue weighted by Crippen LogP contribution is -2.35. The van der Waals surface area contributed by atoms with Gasteiger partial charge in [0.2, 0.25) is 0 Å². The van der Waals surface area contributed by atoms with Gasteiger partial charge in [0.1, 0.15) is 12.4 Å². The Morgan fingerprint density at radius 3 is 2.45 bits per heavy atom. The predicted octanol–water partition coefficient (Wildman–Crippen LogP) is 5.72. The van der Waals surface area contributed by atoms with Crippen LogP contribution in [0.3, 0.4) is 0 Å². The number of benzene rings is 3. The third-order valence-electron chi connectivity index (χ3n) is 5.77. The van der Waals surface area contributed by atoms with Crippen LogP contribution in [0, 0.1) is 5.92 Å². The van der Waals surface area contributed by atoms with Crippen LogP contribution < -0.4 is 4.74 Å². The molecule has 1 aliphatic rings. The van der Waals surface area contributed by atoms with Crippen molar-refractivity contribution in [3.05, 3.63) is 77.9 Å². The summed E-state index contributed by atoms with van der Waals surface area (Å²) in [6, 6.07) is 22.2. The molecule has 0 aromatic heterocycles. The Hall–Kier alpha value is -2.65. The molecule has 3 heteroatoms. The van der Waals surface area contributed by atoms with Crippen molar-refractivity contribution in [3.8, 4) is 5.75 Å². The van der Waals surface area contributed by atoms with Gasteiger partial charge in [-0.1, -0.05) is 61.9 Å². The third-order valence-corrected chi connectivity index (χ3v) is 5.77. The van der Waals surface area contributed by atoms with Crippen LogP contribution in [0.15, 0.2) is 66.7 Å². The predicted molar refractivity (Wildman–Crippen MR) is 119 cm³/mol. The first-order chi connectivity index (χ1) is 14.2. The van der Waals surface area contributed by atoms with Gasteiger partial charge in [-0.3, -0.25) is 4.79 Å². The van der Waals surface area contributed by atoms with Gasteiger partial charge in [-0.05, 0) is 60.5 Å². The van der Waals surface area contributed by atoms with E-state index in [-0.39, 0.29) is 11.7 Å². The van der Waals surface area contributed by atoms with Crippen molar-refractivity contribution in [1.29, 1.82) is 0 Å². The number of carbonyl (C=O) groups excluding carboxylic acids is 1. The van der Waals surface area contributed by atoms with Gasteiger partial charge in [0.15, 0.2) is 5.78 Å². The Kier molecular flexibility index (Phi) is 6.26. The molecular weight excluding hydrogens is 358 g/mol. The molecule has 3 aromatic carbocycles. The Morgan fingerprint density at radius 2 is 1.66 bits per heavy atom. The number of rotatable bonds is 7. The van der Waals surface area contributed by atoms with Gasteiger partial charge in [-0.25, -0.2) is 0 Å². The number of ketones is 1. The molecule has 1 fully saturated rings. The van der Waals surface area contributed by atoms with Crippen LogP contribution in [0.2, 0.25) is 0 Å². The molecule has 1 saturated heterocycles. The molecule has 0 spiro atoms. The van der Waals surface area contributed by atoms with Crippen molar-refractivity contribution in [1.82, 2.24) is 4.90 Å². The van der Waals surface area contributed by atoms with E-state index in [1.54, 1.807) is 0 Å². The van der Waals surface area contributed by atoms with Crippen LogP contribution in [0.1, 0.15) is 42.1 Å². The van der Waals surface area contributed by atoms with Crippen LogP contribution in [0.5, 0.6) is 5.75 Å². The minimum atomic E-state index is 0.0269. The maximum Gasteiger partial charge on any atom is 0.166 e. The molecule has 3 nitrogen and oxygen atoms in total. The second-order valence-electron chi connectivity index (χ2n) is 8.12. The molecule has 0 radical (unpaired) electrons. The summed E-state index contributed by atoms with van der Waals surface area (Å²) in [4.78, 5) is 15.4. The summed E-state index contributed by atoms with van der Waals surface area (Å²) in [6.45, 7) is 5.73. The molecule has 4 rings (SSSR count). The monoisotopic (exact) mass is 387 g/mol. The van der Waals surface area contributed by atoms with Crippen molar-refractivity contribution in [3.63, 3.8) is 0 Å². The van der Waals surface area contributed by atoms with E-state index in [4.69, 9.17) is 4.74 Å². The number of hydrogen-bond acceptors (Lipinski definition) is 3. The maximum atomic E-state index is 12.9. The van der Waals surface area contributed by atoms with Crippen LogP contribution in [-0.4, -0.2) is 30.3 Å². The molecule has 1 heterocycles. The quantitative estimate of drug-likeness (QED) is 0.485. The van der Waals surface area contributed by atoms with Crippen LogP contribution >= 0.6 is 0 Å². The highest BCUT2D eigenvalue weighted by Gasteiger charge is 2.20. The van der Waals surface area contributed by atoms with Gasteiger partial charge in [0.05, 0.1) is 0 Å². The first kappa shape index (κ1) is 19.7. The smallest absolute Gasteiger partial charge is 0.166 e. The zero-order valence-electron chi connectivity index (χ0n) is 17.1. The Morgan fingerprint density at radius 1 is 0.931 bits per heavy atom. The number of ether oxygens (including phenoxy) is 1. The van der Waals surface area contributed by atoms with E-state index >= 15 is 0 Å². The third kappa shape index (κ3) is 5.04. The normalized spacial score (nSPS) is 15.9. The lowest BCUT2D eigenvalue weighted by Gasteiger charge is -2.28. The summed E-state index contributed by atoms with van der Waals surface area (Å²) in [5.74, 6) is 1.11. The number of Topliss-reactive ketones (excluding diaryl/α,β-unsaturated/α-hetero) is 1. The molecule has 1 atom stereocenters. The van der Waals surface area contributed by atoms with Crippen LogP contribution in [0.4, 0.5) is 0 Å². The van der Waals surface area contributed by atoms with Crippen molar-refractivity contribution in [2.45, 2.75) is 32.8 Å². The van der Waals surface area contributed by atoms with Crippen molar-refractivity contribution in [2.75, 3.05) is 19.6 Å². The minimum absolute atomic E-state index is 0.0269. The average molecular weight is 388 g/mol. The molecule has 0 amide bonds. The van der Waals surface area contributed by atoms with Crippen molar-refractivity contribution in [2.24, 2.45) is 5.92 Å². The summed E-state index contributed by atoms with van der Waals surface area (Å²) < 4.78 is 5.93. The second kappa shape index (κ2) is 9.23. The summed E-state index contributed by atoms with van der Waals surface area (Å²) in [5, 5.41) is 2.17. The van der Waals surface area contributed by atoms with E-state index < -0.39 is 0 Å². The summed E-state index contributed by atoms with van der Waals surface area (Å²) in [5.41, 5.74) is 1.95. The Labute approximate surface area is 173 Å². The van der Waals surface area contributed by atoms with E-state index in [1.165, 1.54) is 19.3 Å². The maximum absolute atomic E-state index is 12.9. The highest BCUT2D eigenvalue weighted by atomic mass is 16.5. The largest absolute Gasteiger partial charge is 0.489 e. The highest BCUT2D eigenvalue weighted by molar-refractivity contribution is 6.01. The highest BCUT2D eigenvalue weighted by Crippen LogP contribution is 2.24. The summed E-state index contributed by atoms with van der Waals surface area (Å²) >= 11 is 0. The standard InChI is InChI=1S/C26H29NO2/c1-20(18-27-14-6-3-7-15-27)26(28)24-11-10-23-17-25(13-12-22(23)16-24)29-19-21-8-4-2-5-9-21/h2,4-5,8-13,16-17,20H,3,6-7,14-15,18-19H2,1H3. The van der Waals surface area contributed by atoms with Gasteiger partial charge in [-0.15, -0.1) is 0 Å². The molecule has 0 bridgehead atoms. The fourth-order valence-corrected chi connectivity index (χ4v) is 4.10. The van der Waals surface area contributed by atoms with Crippen molar-refractivity contribution < 1.29 is 9.53 Å². The molecule has 0 saturated carbocycles. The first-order valence-corrected chi connectivity index (χ1v) is 10.7. The van der Waals surface area contributed by atoms with Gasteiger partial charge < -0.3 is 9.64 Å². The SMILES string of the molecule is CC(CN1CCCCC1)C(=O)c1ccc2cc(OCc3ccccc3)ccc2c1. The molecule has 0 aliphatic carbocycles. The molecule has 0 N–H and O–H groups in total. The van der Waals surface area contributed by atoms with Gasteiger partial charge >= 0.3 is 0 Å². The van der Waals surface area contributed by atoms with Gasteiger partial charge in [0, 0.05) is 18.0 Å². The fraction of sp³-hybridized carbons (Fsp3) is 0.346. The summed E-state index contributed by atoms with van der Waals surface area (Å²) in [7, 11) is 0. The number of piperidine rings is 1. The summed E-state index contributed by atoms with van der Waals surface area (Å²) in [6.07, 6.45) is 3.83. The van der Waals surface area contributed by atoms with Gasteiger partial charge in [-0.2, -0.15) is 0 Å². The lowest BCUT2D eigenvalue weighted by molar-refractivity contribution is 0.0884. The minimum Gasteiger partial charge on any atom is -0.489 e.